The number of carbonyl (C=O) groups excluding carboxylic acids is 1. The molecule has 0 bridgehead atoms. The van der Waals surface area contributed by atoms with E-state index in [1.807, 2.05) is 46.0 Å². The molecule has 0 amide bonds. The van der Waals surface area contributed by atoms with E-state index in [0.29, 0.717) is 32.5 Å². The van der Waals surface area contributed by atoms with E-state index in [1.54, 1.807) is 6.20 Å². The number of pyridine rings is 1. The van der Waals surface area contributed by atoms with Crippen molar-refractivity contribution in [3.8, 4) is 0 Å². The van der Waals surface area contributed by atoms with Gasteiger partial charge in [-0.25, -0.2) is 0 Å². The molecule has 43 heavy (non-hydrogen) atoms. The van der Waals surface area contributed by atoms with Crippen LogP contribution in [0.2, 0.25) is 0 Å². The number of rotatable bonds is 16. The molecule has 3 unspecified atom stereocenters. The highest BCUT2D eigenvalue weighted by Gasteiger charge is 2.49. The third-order valence-electron chi connectivity index (χ3n) is 9.23. The minimum absolute atomic E-state index is 0.146. The number of allylic oxidation sites excluding steroid dienone is 1. The van der Waals surface area contributed by atoms with Crippen LogP contribution in [0.25, 0.3) is 0 Å². The number of nitrogens with zero attached hydrogens (tertiary/aromatic N) is 1. The second-order valence-electron chi connectivity index (χ2n) is 13.7. The summed E-state index contributed by atoms with van der Waals surface area (Å²) in [5, 5.41) is 10.1. The van der Waals surface area contributed by atoms with Crippen LogP contribution in [0.5, 0.6) is 0 Å². The van der Waals surface area contributed by atoms with Crippen LogP contribution >= 0.6 is 0 Å². The number of aromatic nitrogens is 1. The van der Waals surface area contributed by atoms with Crippen molar-refractivity contribution in [2.45, 2.75) is 137 Å². The SMILES string of the molecule is C=C(C)[C@@H](O)CC=C(C)CCC[C@H](C)[C@H](OC1CCCCO1)C(C)C(=O)C(C)(Cc1cccnc1)[C@@H]1CCOC(C)(C)O1. The van der Waals surface area contributed by atoms with Crippen molar-refractivity contribution in [3.05, 3.63) is 53.9 Å². The quantitative estimate of drug-likeness (QED) is 0.199. The van der Waals surface area contributed by atoms with Crippen molar-refractivity contribution in [3.63, 3.8) is 0 Å². The molecule has 2 aliphatic heterocycles. The topological polar surface area (TPSA) is 87.1 Å². The molecule has 2 saturated heterocycles. The monoisotopic (exact) mass is 599 g/mol. The standard InChI is InChI=1S/C36H57NO6/c1-25(2)30(38)18-17-26(3)13-11-14-27(4)33(42-32-16-9-10-21-40-32)28(5)34(39)36(8,23-29-15-12-20-37-24-29)31-19-22-41-35(6,7)43-31/h12,15,17,20,24,27-28,30-33,38H,1,9-11,13-14,16,18-19,21-23H2,2-8H3/t27-,28?,30-,31-,32?,33-,36?/m0/s1. The first kappa shape index (κ1) is 35.6. The molecule has 3 rings (SSSR count). The number of aliphatic hydroxyl groups excluding tert-OH is 1. The van der Waals surface area contributed by atoms with Crippen LogP contribution in [0.3, 0.4) is 0 Å². The van der Waals surface area contributed by atoms with Gasteiger partial charge in [0.25, 0.3) is 0 Å². The highest BCUT2D eigenvalue weighted by molar-refractivity contribution is 5.88. The molecule has 242 valence electrons. The third kappa shape index (κ3) is 10.6. The van der Waals surface area contributed by atoms with Gasteiger partial charge in [0, 0.05) is 24.9 Å². The number of hydrogen-bond acceptors (Lipinski definition) is 7. The molecule has 7 atom stereocenters. The summed E-state index contributed by atoms with van der Waals surface area (Å²) in [5.74, 6) is -0.822. The molecule has 3 heterocycles. The van der Waals surface area contributed by atoms with Crippen LogP contribution in [0.4, 0.5) is 0 Å². The Morgan fingerprint density at radius 3 is 2.65 bits per heavy atom. The number of ketones is 1. The number of aliphatic hydroxyl groups is 1. The van der Waals surface area contributed by atoms with Gasteiger partial charge in [-0.15, -0.1) is 0 Å². The summed E-state index contributed by atoms with van der Waals surface area (Å²) >= 11 is 0. The summed E-state index contributed by atoms with van der Waals surface area (Å²) in [5.41, 5.74) is 2.26. The van der Waals surface area contributed by atoms with E-state index >= 15 is 0 Å². The Labute approximate surface area is 260 Å². The van der Waals surface area contributed by atoms with Crippen LogP contribution < -0.4 is 0 Å². The maximum Gasteiger partial charge on any atom is 0.163 e. The van der Waals surface area contributed by atoms with Crippen molar-refractivity contribution in [2.75, 3.05) is 13.2 Å². The minimum Gasteiger partial charge on any atom is -0.388 e. The van der Waals surface area contributed by atoms with Gasteiger partial charge in [0.1, 0.15) is 5.78 Å². The second-order valence-corrected chi connectivity index (χ2v) is 13.7. The lowest BCUT2D eigenvalue weighted by atomic mass is 9.68. The Balaban J connectivity index is 1.80. The average Bonchev–Trinajstić information content (AvgIpc) is 2.98. The molecule has 2 fully saturated rings. The zero-order chi connectivity index (χ0) is 31.6. The maximum atomic E-state index is 14.8. The van der Waals surface area contributed by atoms with Gasteiger partial charge >= 0.3 is 0 Å². The molecule has 1 N–H and O–H groups in total. The van der Waals surface area contributed by atoms with E-state index in [4.69, 9.17) is 18.9 Å². The zero-order valence-electron chi connectivity index (χ0n) is 27.8. The van der Waals surface area contributed by atoms with E-state index in [1.165, 1.54) is 5.57 Å². The van der Waals surface area contributed by atoms with Crippen molar-refractivity contribution in [1.29, 1.82) is 0 Å². The van der Waals surface area contributed by atoms with E-state index in [2.05, 4.69) is 38.4 Å². The highest BCUT2D eigenvalue weighted by Crippen LogP contribution is 2.41. The molecule has 0 aromatic carbocycles. The van der Waals surface area contributed by atoms with Gasteiger partial charge in [-0.3, -0.25) is 9.78 Å². The van der Waals surface area contributed by atoms with Gasteiger partial charge in [-0.05, 0) is 110 Å². The van der Waals surface area contributed by atoms with Crippen LogP contribution in [0.15, 0.2) is 48.3 Å². The molecule has 7 heteroatoms. The highest BCUT2D eigenvalue weighted by atomic mass is 16.7. The van der Waals surface area contributed by atoms with Crippen molar-refractivity contribution < 1.29 is 28.8 Å². The molecule has 7 nitrogen and oxygen atoms in total. The predicted molar refractivity (Wildman–Crippen MR) is 170 cm³/mol. The van der Waals surface area contributed by atoms with Gasteiger partial charge in [0.2, 0.25) is 0 Å². The Morgan fingerprint density at radius 1 is 1.26 bits per heavy atom. The van der Waals surface area contributed by atoms with E-state index in [-0.39, 0.29) is 36.1 Å². The number of ether oxygens (including phenoxy) is 4. The normalized spacial score (nSPS) is 25.3. The Morgan fingerprint density at radius 2 is 2.02 bits per heavy atom. The lowest BCUT2D eigenvalue weighted by Gasteiger charge is -2.46. The van der Waals surface area contributed by atoms with Crippen molar-refractivity contribution >= 4 is 5.78 Å². The first-order valence-electron chi connectivity index (χ1n) is 16.3. The van der Waals surface area contributed by atoms with Crippen LogP contribution in [0, 0.1) is 17.3 Å². The zero-order valence-corrected chi connectivity index (χ0v) is 27.8. The fourth-order valence-electron chi connectivity index (χ4n) is 6.47. The lowest BCUT2D eigenvalue weighted by Crippen LogP contribution is -2.54. The molecular weight excluding hydrogens is 542 g/mol. The number of hydrogen-bond donors (Lipinski definition) is 1. The molecule has 0 saturated carbocycles. The fourth-order valence-corrected chi connectivity index (χ4v) is 6.47. The summed E-state index contributed by atoms with van der Waals surface area (Å²) in [6.45, 7) is 19.2. The molecule has 0 spiro atoms. The molecule has 0 radical (unpaired) electrons. The average molecular weight is 600 g/mol. The smallest absolute Gasteiger partial charge is 0.163 e. The second kappa shape index (κ2) is 16.4. The molecule has 2 aliphatic rings. The predicted octanol–water partition coefficient (Wildman–Crippen LogP) is 7.37. The number of Topliss-reactive ketones (excluding diaryl/α,β-unsaturated/α-hetero) is 1. The Kier molecular flexibility index (Phi) is 13.6. The first-order chi connectivity index (χ1) is 20.3. The summed E-state index contributed by atoms with van der Waals surface area (Å²) in [7, 11) is 0. The molecule has 1 aromatic heterocycles. The molecular formula is C36H57NO6. The maximum absolute atomic E-state index is 14.8. The fraction of sp³-hybridized carbons (Fsp3) is 0.722. The van der Waals surface area contributed by atoms with Gasteiger partial charge in [-0.1, -0.05) is 43.7 Å². The Bertz CT molecular complexity index is 1050. The summed E-state index contributed by atoms with van der Waals surface area (Å²) in [6.07, 6.45) is 11.9. The minimum atomic E-state index is -0.790. The van der Waals surface area contributed by atoms with Gasteiger partial charge in [-0.2, -0.15) is 0 Å². The van der Waals surface area contributed by atoms with Crippen molar-refractivity contribution in [2.24, 2.45) is 17.3 Å². The van der Waals surface area contributed by atoms with Crippen LogP contribution in [-0.4, -0.2) is 59.5 Å². The van der Waals surface area contributed by atoms with Crippen LogP contribution in [0.1, 0.15) is 105 Å². The van der Waals surface area contributed by atoms with Gasteiger partial charge in [0.05, 0.1) is 30.3 Å². The van der Waals surface area contributed by atoms with E-state index in [0.717, 1.165) is 49.7 Å². The van der Waals surface area contributed by atoms with Crippen molar-refractivity contribution in [1.82, 2.24) is 4.98 Å². The van der Waals surface area contributed by atoms with Crippen LogP contribution in [-0.2, 0) is 30.2 Å². The molecule has 0 aliphatic carbocycles. The number of carbonyl (C=O) groups is 1. The van der Waals surface area contributed by atoms with E-state index in [9.17, 15) is 9.90 Å². The lowest BCUT2D eigenvalue weighted by molar-refractivity contribution is -0.290. The molecule has 1 aromatic rings. The summed E-state index contributed by atoms with van der Waals surface area (Å²) in [4.78, 5) is 19.1. The Hall–Kier alpha value is -1.90. The summed E-state index contributed by atoms with van der Waals surface area (Å²) < 4.78 is 25.0. The van der Waals surface area contributed by atoms with Gasteiger partial charge < -0.3 is 24.1 Å². The first-order valence-corrected chi connectivity index (χ1v) is 16.3. The largest absolute Gasteiger partial charge is 0.388 e. The third-order valence-corrected chi connectivity index (χ3v) is 9.23. The van der Waals surface area contributed by atoms with Gasteiger partial charge in [0.15, 0.2) is 12.1 Å². The van der Waals surface area contributed by atoms with E-state index < -0.39 is 17.3 Å². The summed E-state index contributed by atoms with van der Waals surface area (Å²) in [6, 6.07) is 3.95.